The highest BCUT2D eigenvalue weighted by atomic mass is 79.9. The SMILES string of the molecule is CCOc1ccc(Br)c(C(O)CC(=O)O)c1. The molecule has 1 aromatic rings. The molecule has 88 valence electrons. The van der Waals surface area contributed by atoms with Gasteiger partial charge in [-0.05, 0) is 30.7 Å². The van der Waals surface area contributed by atoms with Crippen molar-refractivity contribution in [1.82, 2.24) is 0 Å². The zero-order valence-corrected chi connectivity index (χ0v) is 10.4. The van der Waals surface area contributed by atoms with Crippen LogP contribution in [0.1, 0.15) is 25.0 Å². The van der Waals surface area contributed by atoms with Gasteiger partial charge in [0.15, 0.2) is 0 Å². The van der Waals surface area contributed by atoms with Crippen molar-refractivity contribution in [3.8, 4) is 5.75 Å². The predicted octanol–water partition coefficient (Wildman–Crippen LogP) is 2.36. The first-order valence-corrected chi connectivity index (χ1v) is 5.66. The number of rotatable bonds is 5. The molecule has 4 nitrogen and oxygen atoms in total. The standard InChI is InChI=1S/C11H13BrO4/c1-2-16-7-3-4-9(12)8(5-7)10(13)6-11(14)15/h3-5,10,13H,2,6H2,1H3,(H,14,15). The number of hydrogen-bond donors (Lipinski definition) is 2. The molecular formula is C11H13BrO4. The van der Waals surface area contributed by atoms with Crippen molar-refractivity contribution >= 4 is 21.9 Å². The second-order valence-corrected chi connectivity index (χ2v) is 4.08. The van der Waals surface area contributed by atoms with E-state index in [0.29, 0.717) is 22.4 Å². The van der Waals surface area contributed by atoms with Crippen molar-refractivity contribution < 1.29 is 19.7 Å². The Morgan fingerprint density at radius 1 is 1.56 bits per heavy atom. The molecule has 0 saturated carbocycles. The minimum Gasteiger partial charge on any atom is -0.494 e. The molecular weight excluding hydrogens is 276 g/mol. The third kappa shape index (κ3) is 3.50. The highest BCUT2D eigenvalue weighted by Crippen LogP contribution is 2.29. The van der Waals surface area contributed by atoms with Crippen molar-refractivity contribution in [1.29, 1.82) is 0 Å². The fraction of sp³-hybridized carbons (Fsp3) is 0.364. The smallest absolute Gasteiger partial charge is 0.306 e. The molecule has 2 N–H and O–H groups in total. The number of carbonyl (C=O) groups is 1. The Balaban J connectivity index is 2.92. The van der Waals surface area contributed by atoms with Gasteiger partial charge in [-0.1, -0.05) is 15.9 Å². The number of halogens is 1. The lowest BCUT2D eigenvalue weighted by molar-refractivity contribution is -0.139. The summed E-state index contributed by atoms with van der Waals surface area (Å²) in [6.45, 7) is 2.38. The molecule has 0 aliphatic heterocycles. The van der Waals surface area contributed by atoms with Crippen molar-refractivity contribution in [3.05, 3.63) is 28.2 Å². The Hall–Kier alpha value is -1.07. The third-order valence-electron chi connectivity index (χ3n) is 2.01. The highest BCUT2D eigenvalue weighted by Gasteiger charge is 2.15. The van der Waals surface area contributed by atoms with Crippen LogP contribution in [-0.2, 0) is 4.79 Å². The first-order valence-electron chi connectivity index (χ1n) is 4.86. The monoisotopic (exact) mass is 288 g/mol. The van der Waals surface area contributed by atoms with Gasteiger partial charge in [-0.25, -0.2) is 0 Å². The average Bonchev–Trinajstić information content (AvgIpc) is 2.20. The van der Waals surface area contributed by atoms with Crippen molar-refractivity contribution in [2.45, 2.75) is 19.4 Å². The van der Waals surface area contributed by atoms with E-state index >= 15 is 0 Å². The fourth-order valence-electron chi connectivity index (χ4n) is 1.31. The number of benzene rings is 1. The highest BCUT2D eigenvalue weighted by molar-refractivity contribution is 9.10. The van der Waals surface area contributed by atoms with Crippen LogP contribution in [0, 0.1) is 0 Å². The second kappa shape index (κ2) is 5.86. The van der Waals surface area contributed by atoms with Crippen LogP contribution in [-0.4, -0.2) is 22.8 Å². The summed E-state index contributed by atoms with van der Waals surface area (Å²) >= 11 is 3.26. The molecule has 0 aromatic heterocycles. The molecule has 0 aliphatic rings. The molecule has 0 aliphatic carbocycles. The zero-order chi connectivity index (χ0) is 12.1. The number of carboxylic acid groups (broad SMARTS) is 1. The molecule has 0 fully saturated rings. The van der Waals surface area contributed by atoms with Gasteiger partial charge >= 0.3 is 5.97 Å². The van der Waals surface area contributed by atoms with E-state index in [1.54, 1.807) is 18.2 Å². The molecule has 1 unspecified atom stereocenters. The summed E-state index contributed by atoms with van der Waals surface area (Å²) in [6.07, 6.45) is -1.36. The normalized spacial score (nSPS) is 12.2. The molecule has 1 atom stereocenters. The quantitative estimate of drug-likeness (QED) is 0.873. The topological polar surface area (TPSA) is 66.8 Å². The number of hydrogen-bond acceptors (Lipinski definition) is 3. The van der Waals surface area contributed by atoms with Gasteiger partial charge in [0.05, 0.1) is 19.1 Å². The molecule has 1 aromatic carbocycles. The summed E-state index contributed by atoms with van der Waals surface area (Å²) in [4.78, 5) is 10.5. The van der Waals surface area contributed by atoms with E-state index < -0.39 is 12.1 Å². The van der Waals surface area contributed by atoms with Crippen LogP contribution in [0.4, 0.5) is 0 Å². The summed E-state index contributed by atoms with van der Waals surface area (Å²) in [5, 5.41) is 18.3. The van der Waals surface area contributed by atoms with Gasteiger partial charge in [-0.3, -0.25) is 4.79 Å². The van der Waals surface area contributed by atoms with Crippen LogP contribution in [0.5, 0.6) is 5.75 Å². The van der Waals surface area contributed by atoms with Gasteiger partial charge in [0, 0.05) is 4.47 Å². The third-order valence-corrected chi connectivity index (χ3v) is 2.73. The van der Waals surface area contributed by atoms with Crippen LogP contribution in [0.2, 0.25) is 0 Å². The van der Waals surface area contributed by atoms with Gasteiger partial charge in [-0.2, -0.15) is 0 Å². The lowest BCUT2D eigenvalue weighted by Crippen LogP contribution is -2.06. The fourth-order valence-corrected chi connectivity index (χ4v) is 1.82. The maximum absolute atomic E-state index is 10.5. The van der Waals surface area contributed by atoms with E-state index in [1.807, 2.05) is 6.92 Å². The maximum Gasteiger partial charge on any atom is 0.306 e. The molecule has 0 heterocycles. The van der Waals surface area contributed by atoms with Crippen LogP contribution in [0.25, 0.3) is 0 Å². The van der Waals surface area contributed by atoms with E-state index in [1.165, 1.54) is 0 Å². The van der Waals surface area contributed by atoms with Gasteiger partial charge in [0.1, 0.15) is 5.75 Å². The molecule has 1 rings (SSSR count). The molecule has 0 saturated heterocycles. The van der Waals surface area contributed by atoms with Gasteiger partial charge in [0.2, 0.25) is 0 Å². The van der Waals surface area contributed by atoms with Crippen molar-refractivity contribution in [3.63, 3.8) is 0 Å². The van der Waals surface area contributed by atoms with Crippen LogP contribution in [0.15, 0.2) is 22.7 Å². The van der Waals surface area contributed by atoms with E-state index in [4.69, 9.17) is 9.84 Å². The minimum absolute atomic E-state index is 0.325. The summed E-state index contributed by atoms with van der Waals surface area (Å²) in [5.41, 5.74) is 0.522. The summed E-state index contributed by atoms with van der Waals surface area (Å²) < 4.78 is 5.95. The Labute approximate surface area is 102 Å². The van der Waals surface area contributed by atoms with Crippen molar-refractivity contribution in [2.24, 2.45) is 0 Å². The molecule has 16 heavy (non-hydrogen) atoms. The summed E-state index contributed by atoms with van der Waals surface area (Å²) in [6, 6.07) is 5.12. The lowest BCUT2D eigenvalue weighted by Gasteiger charge is -2.12. The maximum atomic E-state index is 10.5. The predicted molar refractivity (Wildman–Crippen MR) is 62.5 cm³/mol. The molecule has 5 heteroatoms. The van der Waals surface area contributed by atoms with Crippen LogP contribution >= 0.6 is 15.9 Å². The summed E-state index contributed by atoms with van der Waals surface area (Å²) in [5.74, 6) is -0.425. The Morgan fingerprint density at radius 2 is 2.25 bits per heavy atom. The molecule has 0 radical (unpaired) electrons. The van der Waals surface area contributed by atoms with Crippen molar-refractivity contribution in [2.75, 3.05) is 6.61 Å². The Kier molecular flexibility index (Phi) is 4.76. The minimum atomic E-state index is -1.04. The Morgan fingerprint density at radius 3 is 2.81 bits per heavy atom. The van der Waals surface area contributed by atoms with E-state index in [0.717, 1.165) is 0 Å². The van der Waals surface area contributed by atoms with Gasteiger partial charge in [0.25, 0.3) is 0 Å². The molecule has 0 bridgehead atoms. The lowest BCUT2D eigenvalue weighted by atomic mass is 10.1. The van der Waals surface area contributed by atoms with E-state index in [9.17, 15) is 9.90 Å². The first-order chi connectivity index (χ1) is 7.54. The number of aliphatic hydroxyl groups is 1. The van der Waals surface area contributed by atoms with Crippen LogP contribution in [0.3, 0.4) is 0 Å². The average molecular weight is 289 g/mol. The first kappa shape index (κ1) is 13.0. The largest absolute Gasteiger partial charge is 0.494 e. The van der Waals surface area contributed by atoms with Gasteiger partial charge < -0.3 is 14.9 Å². The number of aliphatic hydroxyl groups excluding tert-OH is 1. The number of ether oxygens (including phenoxy) is 1. The number of carboxylic acids is 1. The van der Waals surface area contributed by atoms with Crippen LogP contribution < -0.4 is 4.74 Å². The Bertz CT molecular complexity index is 378. The van der Waals surface area contributed by atoms with E-state index in [2.05, 4.69) is 15.9 Å². The number of aliphatic carboxylic acids is 1. The molecule has 0 amide bonds. The van der Waals surface area contributed by atoms with E-state index in [-0.39, 0.29) is 6.42 Å². The second-order valence-electron chi connectivity index (χ2n) is 3.23. The zero-order valence-electron chi connectivity index (χ0n) is 8.81. The summed E-state index contributed by atoms with van der Waals surface area (Å²) in [7, 11) is 0. The molecule has 0 spiro atoms. The van der Waals surface area contributed by atoms with Gasteiger partial charge in [-0.15, -0.1) is 0 Å².